The molecule has 4 nitrogen and oxygen atoms in total. The lowest BCUT2D eigenvalue weighted by Crippen LogP contribution is -2.41. The summed E-state index contributed by atoms with van der Waals surface area (Å²) in [7, 11) is 0. The molecule has 1 heterocycles. The zero-order valence-corrected chi connectivity index (χ0v) is 10.2. The Hall–Kier alpha value is -1.32. The van der Waals surface area contributed by atoms with Crippen molar-refractivity contribution in [2.75, 3.05) is 13.1 Å². The molecule has 0 aromatic carbocycles. The van der Waals surface area contributed by atoms with Crippen LogP contribution >= 0.6 is 0 Å². The van der Waals surface area contributed by atoms with Gasteiger partial charge in [0.15, 0.2) is 0 Å². The summed E-state index contributed by atoms with van der Waals surface area (Å²) in [5, 5.41) is 8.96. The van der Waals surface area contributed by atoms with Gasteiger partial charge in [-0.1, -0.05) is 5.57 Å². The first-order valence-corrected chi connectivity index (χ1v) is 6.28. The van der Waals surface area contributed by atoms with E-state index >= 15 is 0 Å². The van der Waals surface area contributed by atoms with E-state index in [1.165, 1.54) is 12.8 Å². The highest BCUT2D eigenvalue weighted by Gasteiger charge is 2.28. The van der Waals surface area contributed by atoms with E-state index in [2.05, 4.69) is 0 Å². The number of carbonyl (C=O) groups excluding carboxylic acids is 1. The zero-order valence-electron chi connectivity index (χ0n) is 10.2. The highest BCUT2D eigenvalue weighted by molar-refractivity contribution is 5.89. The Balaban J connectivity index is 1.94. The first kappa shape index (κ1) is 12.1. The number of carboxylic acid groups (broad SMARTS) is 1. The van der Waals surface area contributed by atoms with Gasteiger partial charge < -0.3 is 10.0 Å². The molecule has 4 heteroatoms. The number of hydrogen-bond acceptors (Lipinski definition) is 2. The van der Waals surface area contributed by atoms with Crippen LogP contribution < -0.4 is 0 Å². The van der Waals surface area contributed by atoms with Crippen molar-refractivity contribution in [3.63, 3.8) is 0 Å². The van der Waals surface area contributed by atoms with Crippen LogP contribution in [-0.4, -0.2) is 35.0 Å². The largest absolute Gasteiger partial charge is 0.481 e. The van der Waals surface area contributed by atoms with E-state index in [1.54, 1.807) is 11.0 Å². The van der Waals surface area contributed by atoms with E-state index in [9.17, 15) is 9.59 Å². The van der Waals surface area contributed by atoms with Gasteiger partial charge in [0.25, 0.3) is 0 Å². The van der Waals surface area contributed by atoms with Crippen LogP contribution in [-0.2, 0) is 9.59 Å². The summed E-state index contributed by atoms with van der Waals surface area (Å²) in [5.74, 6) is -0.591. The summed E-state index contributed by atoms with van der Waals surface area (Å²) < 4.78 is 0. The van der Waals surface area contributed by atoms with Crippen LogP contribution in [0.5, 0.6) is 0 Å². The van der Waals surface area contributed by atoms with Crippen molar-refractivity contribution in [3.8, 4) is 0 Å². The molecule has 0 aromatic rings. The van der Waals surface area contributed by atoms with Crippen LogP contribution in [0.4, 0.5) is 0 Å². The molecule has 1 saturated heterocycles. The van der Waals surface area contributed by atoms with Crippen molar-refractivity contribution >= 4 is 11.9 Å². The van der Waals surface area contributed by atoms with Crippen molar-refractivity contribution in [3.05, 3.63) is 11.6 Å². The van der Waals surface area contributed by atoms with E-state index < -0.39 is 5.97 Å². The second-order valence-corrected chi connectivity index (χ2v) is 5.12. The number of carbonyl (C=O) groups is 2. The molecular formula is C13H19NO3. The number of amides is 1. The van der Waals surface area contributed by atoms with Gasteiger partial charge in [-0.25, -0.2) is 0 Å². The fraction of sp³-hybridized carbons (Fsp3) is 0.692. The topological polar surface area (TPSA) is 57.6 Å². The van der Waals surface area contributed by atoms with Crippen LogP contribution in [0.15, 0.2) is 11.6 Å². The number of nitrogens with zero attached hydrogens (tertiary/aromatic N) is 1. The molecule has 1 atom stereocenters. The van der Waals surface area contributed by atoms with Crippen LogP contribution in [0.1, 0.15) is 32.6 Å². The summed E-state index contributed by atoms with van der Waals surface area (Å²) in [6, 6.07) is 0. The number of allylic oxidation sites excluding steroid dienone is 1. The second-order valence-electron chi connectivity index (χ2n) is 5.12. The van der Waals surface area contributed by atoms with Gasteiger partial charge in [-0.15, -0.1) is 0 Å². The zero-order chi connectivity index (χ0) is 12.4. The van der Waals surface area contributed by atoms with Crippen molar-refractivity contribution in [1.82, 2.24) is 4.90 Å². The first-order valence-electron chi connectivity index (χ1n) is 6.28. The molecule has 1 aliphatic heterocycles. The van der Waals surface area contributed by atoms with Gasteiger partial charge in [0, 0.05) is 19.2 Å². The number of likely N-dealkylation sites (tertiary alicyclic amines) is 1. The number of hydrogen-bond donors (Lipinski definition) is 1. The minimum absolute atomic E-state index is 0.0136. The van der Waals surface area contributed by atoms with Gasteiger partial charge in [-0.2, -0.15) is 0 Å². The Kier molecular flexibility index (Phi) is 3.50. The molecule has 0 aromatic heterocycles. The number of carboxylic acids is 1. The average Bonchev–Trinajstić information content (AvgIpc) is 3.12. The minimum Gasteiger partial charge on any atom is -0.481 e. The minimum atomic E-state index is -0.787. The average molecular weight is 237 g/mol. The Morgan fingerprint density at radius 3 is 2.53 bits per heavy atom. The third-order valence-corrected chi connectivity index (χ3v) is 3.65. The van der Waals surface area contributed by atoms with Gasteiger partial charge in [0.1, 0.15) is 0 Å². The molecule has 1 saturated carbocycles. The highest BCUT2D eigenvalue weighted by atomic mass is 16.4. The third kappa shape index (κ3) is 3.08. The molecule has 1 amide bonds. The van der Waals surface area contributed by atoms with Gasteiger partial charge in [-0.05, 0) is 38.5 Å². The molecule has 1 aliphatic carbocycles. The fourth-order valence-electron chi connectivity index (χ4n) is 2.32. The van der Waals surface area contributed by atoms with Crippen LogP contribution in [0, 0.1) is 11.8 Å². The summed E-state index contributed by atoms with van der Waals surface area (Å²) in [6.45, 7) is 3.05. The normalized spacial score (nSPS) is 25.8. The molecule has 0 radical (unpaired) electrons. The predicted molar refractivity (Wildman–Crippen MR) is 63.4 cm³/mol. The SMILES string of the molecule is C/C(=C\C(=O)N1CCCC(C(=O)O)C1)C1CC1. The molecule has 2 rings (SSSR count). The lowest BCUT2D eigenvalue weighted by atomic mass is 9.98. The smallest absolute Gasteiger partial charge is 0.308 e. The number of rotatable bonds is 3. The van der Waals surface area contributed by atoms with E-state index in [0.717, 1.165) is 12.0 Å². The van der Waals surface area contributed by atoms with Crippen molar-refractivity contribution in [2.45, 2.75) is 32.6 Å². The highest BCUT2D eigenvalue weighted by Crippen LogP contribution is 2.36. The maximum absolute atomic E-state index is 12.0. The van der Waals surface area contributed by atoms with Crippen LogP contribution in [0.25, 0.3) is 0 Å². The molecule has 0 spiro atoms. The van der Waals surface area contributed by atoms with Gasteiger partial charge in [-0.3, -0.25) is 9.59 Å². The van der Waals surface area contributed by atoms with Gasteiger partial charge in [0.05, 0.1) is 5.92 Å². The summed E-state index contributed by atoms with van der Waals surface area (Å²) in [4.78, 5) is 24.5. The molecule has 17 heavy (non-hydrogen) atoms. The Morgan fingerprint density at radius 2 is 1.94 bits per heavy atom. The van der Waals surface area contributed by atoms with Crippen molar-refractivity contribution in [1.29, 1.82) is 0 Å². The molecule has 2 aliphatic rings. The Morgan fingerprint density at radius 1 is 1.24 bits per heavy atom. The van der Waals surface area contributed by atoms with Crippen LogP contribution in [0.2, 0.25) is 0 Å². The summed E-state index contributed by atoms with van der Waals surface area (Å²) in [5.41, 5.74) is 1.15. The maximum Gasteiger partial charge on any atom is 0.308 e. The molecule has 2 fully saturated rings. The Bertz CT molecular complexity index is 358. The van der Waals surface area contributed by atoms with E-state index in [1.807, 2.05) is 6.92 Å². The van der Waals surface area contributed by atoms with Gasteiger partial charge in [0.2, 0.25) is 5.91 Å². The van der Waals surface area contributed by atoms with Crippen LogP contribution in [0.3, 0.4) is 0 Å². The third-order valence-electron chi connectivity index (χ3n) is 3.65. The quantitative estimate of drug-likeness (QED) is 0.759. The predicted octanol–water partition coefficient (Wildman–Crippen LogP) is 1.67. The fourth-order valence-corrected chi connectivity index (χ4v) is 2.32. The standard InChI is InChI=1S/C13H19NO3/c1-9(10-4-5-10)7-12(15)14-6-2-3-11(8-14)13(16)17/h7,10-11H,2-6,8H2,1H3,(H,16,17)/b9-7+. The summed E-state index contributed by atoms with van der Waals surface area (Å²) >= 11 is 0. The summed E-state index contributed by atoms with van der Waals surface area (Å²) in [6.07, 6.45) is 5.55. The molecule has 0 bridgehead atoms. The molecule has 1 unspecified atom stereocenters. The molecule has 1 N–H and O–H groups in total. The lowest BCUT2D eigenvalue weighted by Gasteiger charge is -2.30. The molecular weight excluding hydrogens is 218 g/mol. The second kappa shape index (κ2) is 4.90. The van der Waals surface area contributed by atoms with Crippen molar-refractivity contribution in [2.24, 2.45) is 11.8 Å². The first-order chi connectivity index (χ1) is 8.08. The van der Waals surface area contributed by atoms with Crippen molar-refractivity contribution < 1.29 is 14.7 Å². The molecule has 94 valence electrons. The van der Waals surface area contributed by atoms with E-state index in [-0.39, 0.29) is 11.8 Å². The number of aliphatic carboxylic acids is 1. The monoisotopic (exact) mass is 237 g/mol. The lowest BCUT2D eigenvalue weighted by molar-refractivity contribution is -0.144. The van der Waals surface area contributed by atoms with E-state index in [0.29, 0.717) is 25.4 Å². The maximum atomic E-state index is 12.0. The van der Waals surface area contributed by atoms with E-state index in [4.69, 9.17) is 5.11 Å². The van der Waals surface area contributed by atoms with Gasteiger partial charge >= 0.3 is 5.97 Å². The Labute approximate surface area is 101 Å². The number of piperidine rings is 1.